The van der Waals surface area contributed by atoms with Crippen molar-refractivity contribution in [1.82, 2.24) is 25.0 Å². The molecular formula is C15H20BrN5. The Morgan fingerprint density at radius 1 is 1.29 bits per heavy atom. The third-order valence-corrected chi connectivity index (χ3v) is 4.60. The lowest BCUT2D eigenvalue weighted by Crippen LogP contribution is -2.35. The van der Waals surface area contributed by atoms with Gasteiger partial charge in [0.15, 0.2) is 0 Å². The Morgan fingerprint density at radius 2 is 2.10 bits per heavy atom. The molecule has 21 heavy (non-hydrogen) atoms. The van der Waals surface area contributed by atoms with Gasteiger partial charge in [-0.05, 0) is 31.2 Å². The van der Waals surface area contributed by atoms with E-state index in [0.29, 0.717) is 6.04 Å². The van der Waals surface area contributed by atoms with Gasteiger partial charge in [-0.1, -0.05) is 28.1 Å². The van der Waals surface area contributed by atoms with Gasteiger partial charge in [0.2, 0.25) is 0 Å². The molecule has 0 fully saturated rings. The second kappa shape index (κ2) is 6.68. The molecular weight excluding hydrogens is 330 g/mol. The Balaban J connectivity index is 1.57. The molecule has 1 aromatic carbocycles. The van der Waals surface area contributed by atoms with E-state index in [0.717, 1.165) is 42.9 Å². The summed E-state index contributed by atoms with van der Waals surface area (Å²) in [6, 6.07) is 8.94. The minimum Gasteiger partial charge on any atom is -0.315 e. The lowest BCUT2D eigenvalue weighted by atomic mass is 10.0. The molecule has 1 unspecified atom stereocenters. The van der Waals surface area contributed by atoms with Crippen LogP contribution in [0.15, 0.2) is 35.1 Å². The third kappa shape index (κ3) is 3.51. The van der Waals surface area contributed by atoms with Crippen LogP contribution >= 0.6 is 15.9 Å². The van der Waals surface area contributed by atoms with Crippen LogP contribution in [-0.2, 0) is 13.1 Å². The van der Waals surface area contributed by atoms with E-state index in [4.69, 9.17) is 0 Å². The van der Waals surface area contributed by atoms with Gasteiger partial charge in [-0.15, -0.1) is 10.2 Å². The molecule has 2 aromatic rings. The van der Waals surface area contributed by atoms with Gasteiger partial charge >= 0.3 is 0 Å². The van der Waals surface area contributed by atoms with Crippen LogP contribution in [0.1, 0.15) is 23.9 Å². The Labute approximate surface area is 133 Å². The van der Waals surface area contributed by atoms with E-state index >= 15 is 0 Å². The fraction of sp³-hybridized carbons (Fsp3) is 0.467. The van der Waals surface area contributed by atoms with Crippen LogP contribution in [0.3, 0.4) is 0 Å². The van der Waals surface area contributed by atoms with Crippen molar-refractivity contribution in [2.75, 3.05) is 20.1 Å². The van der Waals surface area contributed by atoms with E-state index in [1.807, 2.05) is 13.4 Å². The number of hydrogen-bond acceptors (Lipinski definition) is 4. The normalized spacial score (nSPS) is 16.7. The van der Waals surface area contributed by atoms with Crippen molar-refractivity contribution < 1.29 is 0 Å². The predicted octanol–water partition coefficient (Wildman–Crippen LogP) is 2.21. The van der Waals surface area contributed by atoms with Crippen LogP contribution in [-0.4, -0.2) is 39.8 Å². The highest BCUT2D eigenvalue weighted by atomic mass is 79.9. The summed E-state index contributed by atoms with van der Waals surface area (Å²) in [4.78, 5) is 2.45. The van der Waals surface area contributed by atoms with E-state index in [1.54, 1.807) is 0 Å². The predicted molar refractivity (Wildman–Crippen MR) is 85.9 cm³/mol. The molecule has 2 heterocycles. The average molecular weight is 350 g/mol. The monoisotopic (exact) mass is 349 g/mol. The zero-order valence-corrected chi connectivity index (χ0v) is 13.8. The average Bonchev–Trinajstić information content (AvgIpc) is 2.97. The summed E-state index contributed by atoms with van der Waals surface area (Å²) < 4.78 is 3.26. The number of nitrogens with one attached hydrogen (secondary N) is 1. The molecule has 0 amide bonds. The molecule has 1 aliphatic heterocycles. The summed E-state index contributed by atoms with van der Waals surface area (Å²) in [5, 5.41) is 11.6. The topological polar surface area (TPSA) is 46.0 Å². The first-order chi connectivity index (χ1) is 10.3. The van der Waals surface area contributed by atoms with Crippen molar-refractivity contribution in [3.8, 4) is 0 Å². The highest BCUT2D eigenvalue weighted by Crippen LogP contribution is 2.20. The van der Waals surface area contributed by atoms with Crippen LogP contribution < -0.4 is 5.32 Å². The lowest BCUT2D eigenvalue weighted by molar-refractivity contribution is 0.207. The van der Waals surface area contributed by atoms with Gasteiger partial charge in [-0.3, -0.25) is 4.90 Å². The molecule has 0 saturated carbocycles. The Bertz CT molecular complexity index is 580. The zero-order valence-electron chi connectivity index (χ0n) is 12.2. The zero-order chi connectivity index (χ0) is 14.7. The fourth-order valence-electron chi connectivity index (χ4n) is 2.79. The van der Waals surface area contributed by atoms with Gasteiger partial charge in [0.1, 0.15) is 12.2 Å². The minimum atomic E-state index is 0.387. The van der Waals surface area contributed by atoms with E-state index in [-0.39, 0.29) is 0 Å². The van der Waals surface area contributed by atoms with Crippen molar-refractivity contribution in [3.05, 3.63) is 46.5 Å². The fourth-order valence-corrected chi connectivity index (χ4v) is 3.06. The van der Waals surface area contributed by atoms with E-state index < -0.39 is 0 Å². The molecule has 5 nitrogen and oxygen atoms in total. The largest absolute Gasteiger partial charge is 0.315 e. The maximum Gasteiger partial charge on any atom is 0.147 e. The molecule has 0 saturated heterocycles. The first-order valence-corrected chi connectivity index (χ1v) is 8.07. The standard InChI is InChI=1S/C15H20BrN5/c1-17-14(12-2-4-13(16)5-3-12)6-7-20-8-9-21-11-18-19-15(21)10-20/h2-5,11,14,17H,6-10H2,1H3. The molecule has 0 bridgehead atoms. The highest BCUT2D eigenvalue weighted by molar-refractivity contribution is 9.10. The Kier molecular flexibility index (Phi) is 4.67. The number of hydrogen-bond donors (Lipinski definition) is 1. The van der Waals surface area contributed by atoms with Gasteiger partial charge in [-0.2, -0.15) is 0 Å². The molecule has 0 spiro atoms. The minimum absolute atomic E-state index is 0.387. The Hall–Kier alpha value is -1.24. The number of aromatic nitrogens is 3. The first kappa shape index (κ1) is 14.7. The number of nitrogens with zero attached hydrogens (tertiary/aromatic N) is 4. The quantitative estimate of drug-likeness (QED) is 0.898. The second-order valence-corrected chi connectivity index (χ2v) is 6.31. The van der Waals surface area contributed by atoms with E-state index in [9.17, 15) is 0 Å². The molecule has 1 N–H and O–H groups in total. The maximum atomic E-state index is 4.17. The second-order valence-electron chi connectivity index (χ2n) is 5.40. The van der Waals surface area contributed by atoms with Crippen molar-refractivity contribution in [2.45, 2.75) is 25.6 Å². The van der Waals surface area contributed by atoms with Crippen molar-refractivity contribution >= 4 is 15.9 Å². The van der Waals surface area contributed by atoms with Crippen LogP contribution in [0, 0.1) is 0 Å². The third-order valence-electron chi connectivity index (χ3n) is 4.07. The smallest absolute Gasteiger partial charge is 0.147 e. The number of benzene rings is 1. The number of rotatable bonds is 5. The molecule has 0 aliphatic carbocycles. The summed E-state index contributed by atoms with van der Waals surface area (Å²) in [6.07, 6.45) is 2.91. The summed E-state index contributed by atoms with van der Waals surface area (Å²) in [7, 11) is 2.03. The molecule has 1 aliphatic rings. The molecule has 112 valence electrons. The Morgan fingerprint density at radius 3 is 2.86 bits per heavy atom. The molecule has 3 rings (SSSR count). The van der Waals surface area contributed by atoms with Gasteiger partial charge in [0.25, 0.3) is 0 Å². The van der Waals surface area contributed by atoms with E-state index in [2.05, 4.69) is 65.2 Å². The van der Waals surface area contributed by atoms with Gasteiger partial charge in [0.05, 0.1) is 6.54 Å². The van der Waals surface area contributed by atoms with Crippen LogP contribution in [0.4, 0.5) is 0 Å². The SMILES string of the molecule is CNC(CCN1CCn2cnnc2C1)c1ccc(Br)cc1. The van der Waals surface area contributed by atoms with E-state index in [1.165, 1.54) is 5.56 Å². The maximum absolute atomic E-state index is 4.17. The van der Waals surface area contributed by atoms with Gasteiger partial charge in [-0.25, -0.2) is 0 Å². The molecule has 0 radical (unpaired) electrons. The van der Waals surface area contributed by atoms with Crippen molar-refractivity contribution in [3.63, 3.8) is 0 Å². The molecule has 6 heteroatoms. The number of fused-ring (bicyclic) bond motifs is 1. The summed E-state index contributed by atoms with van der Waals surface area (Å²) in [6.45, 7) is 4.03. The van der Waals surface area contributed by atoms with Crippen LogP contribution in [0.5, 0.6) is 0 Å². The highest BCUT2D eigenvalue weighted by Gasteiger charge is 2.18. The summed E-state index contributed by atoms with van der Waals surface area (Å²) in [5.41, 5.74) is 1.33. The molecule has 1 aromatic heterocycles. The first-order valence-electron chi connectivity index (χ1n) is 7.28. The summed E-state index contributed by atoms with van der Waals surface area (Å²) >= 11 is 3.49. The van der Waals surface area contributed by atoms with Gasteiger partial charge in [0, 0.05) is 30.1 Å². The van der Waals surface area contributed by atoms with Crippen LogP contribution in [0.25, 0.3) is 0 Å². The van der Waals surface area contributed by atoms with Gasteiger partial charge < -0.3 is 9.88 Å². The van der Waals surface area contributed by atoms with Crippen LogP contribution in [0.2, 0.25) is 0 Å². The number of halogens is 1. The van der Waals surface area contributed by atoms with Crippen molar-refractivity contribution in [1.29, 1.82) is 0 Å². The lowest BCUT2D eigenvalue weighted by Gasteiger charge is -2.28. The summed E-state index contributed by atoms with van der Waals surface area (Å²) in [5.74, 6) is 1.07. The van der Waals surface area contributed by atoms with Crippen molar-refractivity contribution in [2.24, 2.45) is 0 Å². The molecule has 1 atom stereocenters.